The third kappa shape index (κ3) is 4.75. The largest absolute Gasteiger partial charge is 0.349 e. The number of benzene rings is 2. The number of thioether (sulfide) groups is 1. The van der Waals surface area contributed by atoms with Gasteiger partial charge < -0.3 is 9.88 Å². The molecule has 1 saturated carbocycles. The van der Waals surface area contributed by atoms with E-state index in [0.29, 0.717) is 18.2 Å². The molecule has 0 spiro atoms. The van der Waals surface area contributed by atoms with Crippen LogP contribution in [0.2, 0.25) is 5.02 Å². The molecule has 0 bridgehead atoms. The number of hydrogen-bond acceptors (Lipinski definition) is 4. The van der Waals surface area contributed by atoms with Gasteiger partial charge in [0.15, 0.2) is 5.16 Å². The number of hydrogen-bond donors (Lipinski definition) is 1. The van der Waals surface area contributed by atoms with E-state index in [-0.39, 0.29) is 5.91 Å². The van der Waals surface area contributed by atoms with Gasteiger partial charge in [0.25, 0.3) is 5.91 Å². The zero-order valence-corrected chi connectivity index (χ0v) is 18.4. The zero-order valence-electron chi connectivity index (χ0n) is 16.8. The first-order chi connectivity index (χ1) is 15.2. The Balaban J connectivity index is 1.37. The van der Waals surface area contributed by atoms with E-state index < -0.39 is 0 Å². The monoisotopic (exact) mass is 448 g/mol. The maximum Gasteiger partial charge on any atom is 0.251 e. The minimum absolute atomic E-state index is 0.00513. The van der Waals surface area contributed by atoms with E-state index in [1.807, 2.05) is 60.8 Å². The van der Waals surface area contributed by atoms with E-state index >= 15 is 0 Å². The van der Waals surface area contributed by atoms with Gasteiger partial charge in [0.05, 0.1) is 23.8 Å². The quantitative estimate of drug-likeness (QED) is 0.389. The molecule has 2 heterocycles. The summed E-state index contributed by atoms with van der Waals surface area (Å²) in [6.45, 7) is 0.662. The van der Waals surface area contributed by atoms with Crippen molar-refractivity contribution in [1.29, 1.82) is 0 Å². The molecule has 0 atom stereocenters. The van der Waals surface area contributed by atoms with Gasteiger partial charge in [-0.1, -0.05) is 47.6 Å². The molecule has 2 aromatic heterocycles. The molecule has 5 rings (SSSR count). The number of imidazole rings is 1. The van der Waals surface area contributed by atoms with Gasteiger partial charge in [0, 0.05) is 28.6 Å². The summed E-state index contributed by atoms with van der Waals surface area (Å²) in [6, 6.07) is 18.0. The predicted molar refractivity (Wildman–Crippen MR) is 125 cm³/mol. The van der Waals surface area contributed by atoms with Crippen LogP contribution in [0.4, 0.5) is 0 Å². The number of carbonyl (C=O) groups is 1. The topological polar surface area (TPSA) is 59.8 Å². The Kier molecular flexibility index (Phi) is 5.66. The van der Waals surface area contributed by atoms with Crippen molar-refractivity contribution in [2.75, 3.05) is 0 Å². The molecule has 7 heteroatoms. The number of carbonyl (C=O) groups excluding carboxylic acids is 1. The van der Waals surface area contributed by atoms with Crippen LogP contribution in [0, 0.1) is 0 Å². The molecule has 0 aliphatic heterocycles. The van der Waals surface area contributed by atoms with E-state index in [4.69, 9.17) is 16.6 Å². The summed E-state index contributed by atoms with van der Waals surface area (Å²) in [7, 11) is 0. The molecule has 31 heavy (non-hydrogen) atoms. The Hall–Kier alpha value is -2.83. The van der Waals surface area contributed by atoms with Gasteiger partial charge in [0.1, 0.15) is 0 Å². The van der Waals surface area contributed by atoms with Crippen molar-refractivity contribution < 1.29 is 4.79 Å². The summed E-state index contributed by atoms with van der Waals surface area (Å²) in [5.74, 6) is 0.805. The fourth-order valence-electron chi connectivity index (χ4n) is 3.38. The third-order valence-corrected chi connectivity index (χ3v) is 6.57. The highest BCUT2D eigenvalue weighted by Gasteiger charge is 2.23. The van der Waals surface area contributed by atoms with Gasteiger partial charge >= 0.3 is 0 Å². The molecule has 2 aromatic carbocycles. The molecule has 4 aromatic rings. The zero-order chi connectivity index (χ0) is 21.2. The smallest absolute Gasteiger partial charge is 0.251 e. The van der Waals surface area contributed by atoms with Gasteiger partial charge in [-0.25, -0.2) is 4.98 Å². The van der Waals surface area contributed by atoms with Crippen molar-refractivity contribution in [2.24, 2.45) is 0 Å². The number of halogens is 1. The van der Waals surface area contributed by atoms with Crippen LogP contribution in [-0.4, -0.2) is 26.5 Å². The van der Waals surface area contributed by atoms with E-state index in [1.165, 1.54) is 5.56 Å². The molecule has 1 aliphatic carbocycles. The highest BCUT2D eigenvalue weighted by Crippen LogP contribution is 2.28. The maximum absolute atomic E-state index is 12.2. The summed E-state index contributed by atoms with van der Waals surface area (Å²) in [5, 5.41) is 4.71. The molecule has 1 fully saturated rings. The lowest BCUT2D eigenvalue weighted by Crippen LogP contribution is -2.25. The highest BCUT2D eigenvalue weighted by atomic mass is 35.5. The summed E-state index contributed by atoms with van der Waals surface area (Å²) < 4.78 is 2.18. The van der Waals surface area contributed by atoms with E-state index in [9.17, 15) is 4.79 Å². The summed E-state index contributed by atoms with van der Waals surface area (Å²) in [6.07, 6.45) is 5.79. The average Bonchev–Trinajstić information content (AvgIpc) is 3.54. The van der Waals surface area contributed by atoms with E-state index in [2.05, 4.69) is 14.9 Å². The Bertz CT molecular complexity index is 1220. The van der Waals surface area contributed by atoms with E-state index in [0.717, 1.165) is 45.4 Å². The number of fused-ring (bicyclic) bond motifs is 1. The Morgan fingerprint density at radius 1 is 1.06 bits per heavy atom. The van der Waals surface area contributed by atoms with Crippen molar-refractivity contribution in [2.45, 2.75) is 36.3 Å². The molecule has 1 N–H and O–H groups in total. The van der Waals surface area contributed by atoms with E-state index in [1.54, 1.807) is 18.0 Å². The number of rotatable bonds is 7. The van der Waals surface area contributed by atoms with Crippen LogP contribution in [0.15, 0.2) is 72.1 Å². The standard InChI is InChI=1S/C24H21ClN4OS/c25-19-7-3-17(4-8-19)15-31-24-28-21-11-12-26-13-22(21)29(24)14-16-1-5-18(6-2-16)23(30)27-20-9-10-20/h1-8,11-13,20H,9-10,14-15H2,(H,27,30). The van der Waals surface area contributed by atoms with Crippen LogP contribution in [0.25, 0.3) is 11.0 Å². The molecule has 1 amide bonds. The predicted octanol–water partition coefficient (Wildman–Crippen LogP) is 5.32. The van der Waals surface area contributed by atoms with Gasteiger partial charge in [-0.15, -0.1) is 0 Å². The fourth-order valence-corrected chi connectivity index (χ4v) is 4.48. The average molecular weight is 449 g/mol. The second-order valence-corrected chi connectivity index (χ2v) is 9.08. The van der Waals surface area contributed by atoms with Crippen LogP contribution < -0.4 is 5.32 Å². The first kappa shape index (κ1) is 20.1. The highest BCUT2D eigenvalue weighted by molar-refractivity contribution is 7.98. The second-order valence-electron chi connectivity index (χ2n) is 7.70. The molecule has 0 saturated heterocycles. The number of pyridine rings is 1. The lowest BCUT2D eigenvalue weighted by atomic mass is 10.1. The molecular weight excluding hydrogens is 428 g/mol. The molecular formula is C24H21ClN4OS. The Morgan fingerprint density at radius 2 is 1.81 bits per heavy atom. The molecule has 5 nitrogen and oxygen atoms in total. The number of amides is 1. The lowest BCUT2D eigenvalue weighted by Gasteiger charge is -2.10. The second kappa shape index (κ2) is 8.73. The SMILES string of the molecule is O=C(NC1CC1)c1ccc(Cn2c(SCc3ccc(Cl)cc3)nc3ccncc32)cc1. The van der Waals surface area contributed by atoms with Crippen molar-refractivity contribution in [3.05, 3.63) is 88.7 Å². The van der Waals surface area contributed by atoms with Crippen molar-refractivity contribution >= 4 is 40.3 Å². The van der Waals surface area contributed by atoms with Crippen molar-refractivity contribution in [1.82, 2.24) is 19.9 Å². The third-order valence-electron chi connectivity index (χ3n) is 5.27. The molecule has 1 aliphatic rings. The summed E-state index contributed by atoms with van der Waals surface area (Å²) in [4.78, 5) is 21.4. The van der Waals surface area contributed by atoms with Crippen LogP contribution in [0.5, 0.6) is 0 Å². The van der Waals surface area contributed by atoms with Crippen LogP contribution in [-0.2, 0) is 12.3 Å². The first-order valence-electron chi connectivity index (χ1n) is 10.2. The van der Waals surface area contributed by atoms with Crippen LogP contribution >= 0.6 is 23.4 Å². The first-order valence-corrected chi connectivity index (χ1v) is 11.6. The van der Waals surface area contributed by atoms with Crippen molar-refractivity contribution in [3.8, 4) is 0 Å². The Morgan fingerprint density at radius 3 is 2.55 bits per heavy atom. The normalized spacial score (nSPS) is 13.5. The van der Waals surface area contributed by atoms with Crippen LogP contribution in [0.1, 0.15) is 34.3 Å². The molecule has 0 radical (unpaired) electrons. The molecule has 0 unspecified atom stereocenters. The minimum Gasteiger partial charge on any atom is -0.349 e. The molecule has 156 valence electrons. The van der Waals surface area contributed by atoms with Gasteiger partial charge in [0.2, 0.25) is 0 Å². The number of nitrogens with zero attached hydrogens (tertiary/aromatic N) is 3. The van der Waals surface area contributed by atoms with Gasteiger partial charge in [-0.3, -0.25) is 9.78 Å². The minimum atomic E-state index is 0.00513. The number of nitrogens with one attached hydrogen (secondary N) is 1. The lowest BCUT2D eigenvalue weighted by molar-refractivity contribution is 0.0951. The van der Waals surface area contributed by atoms with Crippen LogP contribution in [0.3, 0.4) is 0 Å². The maximum atomic E-state index is 12.2. The van der Waals surface area contributed by atoms with Crippen molar-refractivity contribution in [3.63, 3.8) is 0 Å². The van der Waals surface area contributed by atoms with Gasteiger partial charge in [-0.05, 0) is 54.3 Å². The fraction of sp³-hybridized carbons (Fsp3) is 0.208. The number of aromatic nitrogens is 3. The Labute approximate surface area is 189 Å². The summed E-state index contributed by atoms with van der Waals surface area (Å²) >= 11 is 7.69. The summed E-state index contributed by atoms with van der Waals surface area (Å²) in [5.41, 5.74) is 4.92. The van der Waals surface area contributed by atoms with Gasteiger partial charge in [-0.2, -0.15) is 0 Å².